The van der Waals surface area contributed by atoms with Gasteiger partial charge in [0.25, 0.3) is 0 Å². The highest BCUT2D eigenvalue weighted by Gasteiger charge is 2.23. The first-order valence-electron chi connectivity index (χ1n) is 7.08. The summed E-state index contributed by atoms with van der Waals surface area (Å²) < 4.78 is 0. The summed E-state index contributed by atoms with van der Waals surface area (Å²) in [4.78, 5) is 0. The molecule has 1 aliphatic carbocycles. The van der Waals surface area contributed by atoms with Gasteiger partial charge in [-0.25, -0.2) is 0 Å². The second-order valence-corrected chi connectivity index (χ2v) is 6.13. The molecule has 0 heterocycles. The lowest BCUT2D eigenvalue weighted by molar-refractivity contribution is 0.217. The number of nitrogens with one attached hydrogen (secondary N) is 1. The SMILES string of the molecule is CCCNCC1CCCCC1CCCSC. The Bertz CT molecular complexity index is 143. The molecule has 0 bridgehead atoms. The summed E-state index contributed by atoms with van der Waals surface area (Å²) in [6, 6.07) is 0. The summed E-state index contributed by atoms with van der Waals surface area (Å²) in [6.07, 6.45) is 12.3. The molecule has 0 spiro atoms. The summed E-state index contributed by atoms with van der Waals surface area (Å²) in [5, 5.41) is 3.62. The molecule has 1 rings (SSSR count). The van der Waals surface area contributed by atoms with Gasteiger partial charge in [0.1, 0.15) is 0 Å². The fourth-order valence-electron chi connectivity index (χ4n) is 2.89. The Balaban J connectivity index is 2.20. The average molecular weight is 243 g/mol. The molecule has 2 heteroatoms. The van der Waals surface area contributed by atoms with Crippen LogP contribution >= 0.6 is 11.8 Å². The van der Waals surface area contributed by atoms with Crippen molar-refractivity contribution in [1.29, 1.82) is 0 Å². The van der Waals surface area contributed by atoms with Crippen LogP contribution in [0.5, 0.6) is 0 Å². The average Bonchev–Trinajstić information content (AvgIpc) is 2.32. The number of hydrogen-bond acceptors (Lipinski definition) is 2. The summed E-state index contributed by atoms with van der Waals surface area (Å²) in [7, 11) is 0. The number of rotatable bonds is 8. The van der Waals surface area contributed by atoms with E-state index in [0.29, 0.717) is 0 Å². The Labute approximate surface area is 106 Å². The third-order valence-corrected chi connectivity index (χ3v) is 4.52. The van der Waals surface area contributed by atoms with Crippen molar-refractivity contribution in [2.24, 2.45) is 11.8 Å². The van der Waals surface area contributed by atoms with Crippen molar-refractivity contribution < 1.29 is 0 Å². The molecule has 2 unspecified atom stereocenters. The van der Waals surface area contributed by atoms with Gasteiger partial charge in [0.05, 0.1) is 0 Å². The quantitative estimate of drug-likeness (QED) is 0.648. The lowest BCUT2D eigenvalue weighted by Gasteiger charge is -2.32. The number of thioether (sulfide) groups is 1. The molecule has 1 nitrogen and oxygen atoms in total. The topological polar surface area (TPSA) is 12.0 Å². The van der Waals surface area contributed by atoms with Crippen LogP contribution in [0.25, 0.3) is 0 Å². The third-order valence-electron chi connectivity index (χ3n) is 3.82. The van der Waals surface area contributed by atoms with E-state index in [-0.39, 0.29) is 0 Å². The van der Waals surface area contributed by atoms with Crippen molar-refractivity contribution in [3.63, 3.8) is 0 Å². The predicted octanol–water partition coefficient (Wildman–Crippen LogP) is 3.94. The molecule has 0 amide bonds. The summed E-state index contributed by atoms with van der Waals surface area (Å²) in [5.74, 6) is 3.35. The van der Waals surface area contributed by atoms with E-state index in [2.05, 4.69) is 18.5 Å². The molecule has 0 aromatic rings. The molecule has 1 saturated carbocycles. The van der Waals surface area contributed by atoms with Crippen molar-refractivity contribution in [1.82, 2.24) is 5.32 Å². The predicted molar refractivity (Wildman–Crippen MR) is 76.2 cm³/mol. The Morgan fingerprint density at radius 3 is 2.62 bits per heavy atom. The Hall–Kier alpha value is 0.310. The van der Waals surface area contributed by atoms with E-state index in [1.807, 2.05) is 11.8 Å². The molecule has 16 heavy (non-hydrogen) atoms. The lowest BCUT2D eigenvalue weighted by atomic mass is 9.77. The van der Waals surface area contributed by atoms with Crippen LogP contribution < -0.4 is 5.32 Å². The maximum atomic E-state index is 3.62. The Morgan fingerprint density at radius 2 is 1.94 bits per heavy atom. The van der Waals surface area contributed by atoms with Gasteiger partial charge in [0, 0.05) is 0 Å². The maximum absolute atomic E-state index is 3.62. The van der Waals surface area contributed by atoms with Crippen molar-refractivity contribution in [2.75, 3.05) is 25.1 Å². The van der Waals surface area contributed by atoms with Gasteiger partial charge in [0.2, 0.25) is 0 Å². The van der Waals surface area contributed by atoms with E-state index in [1.165, 1.54) is 63.8 Å². The molecular weight excluding hydrogens is 214 g/mol. The zero-order valence-electron chi connectivity index (χ0n) is 11.1. The van der Waals surface area contributed by atoms with Gasteiger partial charge in [-0.2, -0.15) is 11.8 Å². The molecular formula is C14H29NS. The Morgan fingerprint density at radius 1 is 1.19 bits per heavy atom. The number of hydrogen-bond donors (Lipinski definition) is 1. The highest BCUT2D eigenvalue weighted by molar-refractivity contribution is 7.98. The lowest BCUT2D eigenvalue weighted by Crippen LogP contribution is -2.31. The standard InChI is InChI=1S/C14H29NS/c1-3-10-15-12-14-8-5-4-7-13(14)9-6-11-16-2/h13-15H,3-12H2,1-2H3. The molecule has 0 radical (unpaired) electrons. The van der Waals surface area contributed by atoms with E-state index in [1.54, 1.807) is 0 Å². The first-order chi connectivity index (χ1) is 7.88. The summed E-state index contributed by atoms with van der Waals surface area (Å²) >= 11 is 2.00. The minimum Gasteiger partial charge on any atom is -0.316 e. The highest BCUT2D eigenvalue weighted by atomic mass is 32.2. The van der Waals surface area contributed by atoms with Crippen LogP contribution in [0.1, 0.15) is 51.9 Å². The van der Waals surface area contributed by atoms with Crippen molar-refractivity contribution >= 4 is 11.8 Å². The van der Waals surface area contributed by atoms with E-state index in [9.17, 15) is 0 Å². The molecule has 96 valence electrons. The fraction of sp³-hybridized carbons (Fsp3) is 1.00. The molecule has 0 saturated heterocycles. The zero-order valence-corrected chi connectivity index (χ0v) is 12.0. The third kappa shape index (κ3) is 5.58. The molecule has 0 aromatic heterocycles. The monoisotopic (exact) mass is 243 g/mol. The van der Waals surface area contributed by atoms with Gasteiger partial charge in [0.15, 0.2) is 0 Å². The molecule has 0 aliphatic heterocycles. The van der Waals surface area contributed by atoms with E-state index < -0.39 is 0 Å². The van der Waals surface area contributed by atoms with E-state index >= 15 is 0 Å². The van der Waals surface area contributed by atoms with Crippen LogP contribution in [-0.4, -0.2) is 25.1 Å². The van der Waals surface area contributed by atoms with Gasteiger partial charge >= 0.3 is 0 Å². The largest absolute Gasteiger partial charge is 0.316 e. The normalized spacial score (nSPS) is 25.9. The molecule has 2 atom stereocenters. The van der Waals surface area contributed by atoms with Crippen molar-refractivity contribution in [3.05, 3.63) is 0 Å². The second kappa shape index (κ2) is 9.35. The highest BCUT2D eigenvalue weighted by Crippen LogP contribution is 2.33. The van der Waals surface area contributed by atoms with E-state index in [0.717, 1.165) is 11.8 Å². The zero-order chi connectivity index (χ0) is 11.6. The minimum atomic E-state index is 0.974. The Kier molecular flexibility index (Phi) is 8.40. The van der Waals surface area contributed by atoms with Crippen LogP contribution in [0.15, 0.2) is 0 Å². The minimum absolute atomic E-state index is 0.974. The van der Waals surface area contributed by atoms with Crippen LogP contribution in [0, 0.1) is 11.8 Å². The first-order valence-corrected chi connectivity index (χ1v) is 8.47. The van der Waals surface area contributed by atoms with Gasteiger partial charge in [-0.3, -0.25) is 0 Å². The fourth-order valence-corrected chi connectivity index (χ4v) is 3.34. The molecule has 1 N–H and O–H groups in total. The van der Waals surface area contributed by atoms with Crippen LogP contribution in [-0.2, 0) is 0 Å². The first kappa shape index (κ1) is 14.4. The molecule has 1 fully saturated rings. The smallest absolute Gasteiger partial charge is 0.00179 e. The van der Waals surface area contributed by atoms with Gasteiger partial charge in [-0.1, -0.05) is 26.2 Å². The summed E-state index contributed by atoms with van der Waals surface area (Å²) in [5.41, 5.74) is 0. The maximum Gasteiger partial charge on any atom is -0.00179 e. The van der Waals surface area contributed by atoms with Gasteiger partial charge in [-0.15, -0.1) is 0 Å². The van der Waals surface area contributed by atoms with Crippen LogP contribution in [0.3, 0.4) is 0 Å². The second-order valence-electron chi connectivity index (χ2n) is 5.14. The van der Waals surface area contributed by atoms with Crippen molar-refractivity contribution in [2.45, 2.75) is 51.9 Å². The van der Waals surface area contributed by atoms with Crippen molar-refractivity contribution in [3.8, 4) is 0 Å². The van der Waals surface area contributed by atoms with E-state index in [4.69, 9.17) is 0 Å². The van der Waals surface area contributed by atoms with Crippen LogP contribution in [0.2, 0.25) is 0 Å². The van der Waals surface area contributed by atoms with Gasteiger partial charge in [-0.05, 0) is 62.6 Å². The van der Waals surface area contributed by atoms with Gasteiger partial charge < -0.3 is 5.32 Å². The summed E-state index contributed by atoms with van der Waals surface area (Å²) in [6.45, 7) is 4.73. The van der Waals surface area contributed by atoms with Crippen LogP contribution in [0.4, 0.5) is 0 Å². The molecule has 1 aliphatic rings. The molecule has 0 aromatic carbocycles.